The topological polar surface area (TPSA) is 58.1 Å². The molecule has 0 aliphatic carbocycles. The van der Waals surface area contributed by atoms with E-state index in [4.69, 9.17) is 0 Å². The molecule has 0 atom stereocenters. The van der Waals surface area contributed by atoms with Crippen LogP contribution in [-0.4, -0.2) is 46.7 Å². The smallest absolute Gasteiger partial charge is 0.256 e. The standard InChI is InChI=1S/C12H18N4O/c1-4-16(10-6-13-7-10)12(17)11-5-8(2)14-15-9(11)3/h5,10,13H,4,6-7H2,1-3H3. The van der Waals surface area contributed by atoms with E-state index in [0.29, 0.717) is 17.3 Å². The molecule has 17 heavy (non-hydrogen) atoms. The second-order valence-corrected chi connectivity index (χ2v) is 4.39. The van der Waals surface area contributed by atoms with Gasteiger partial charge in [-0.1, -0.05) is 0 Å². The molecule has 1 aliphatic rings. The van der Waals surface area contributed by atoms with Crippen molar-refractivity contribution in [1.82, 2.24) is 20.4 Å². The maximum atomic E-state index is 12.4. The first kappa shape index (κ1) is 12.0. The molecule has 1 fully saturated rings. The number of hydrogen-bond donors (Lipinski definition) is 1. The Hall–Kier alpha value is -1.49. The first-order chi connectivity index (χ1) is 8.13. The molecular formula is C12H18N4O. The summed E-state index contributed by atoms with van der Waals surface area (Å²) in [5, 5.41) is 11.1. The van der Waals surface area contributed by atoms with E-state index >= 15 is 0 Å². The largest absolute Gasteiger partial charge is 0.333 e. The summed E-state index contributed by atoms with van der Waals surface area (Å²) in [5.41, 5.74) is 2.15. The van der Waals surface area contributed by atoms with Crippen LogP contribution in [0.5, 0.6) is 0 Å². The summed E-state index contributed by atoms with van der Waals surface area (Å²) < 4.78 is 0. The Morgan fingerprint density at radius 3 is 2.71 bits per heavy atom. The maximum absolute atomic E-state index is 12.4. The van der Waals surface area contributed by atoms with Crippen molar-refractivity contribution >= 4 is 5.91 Å². The fourth-order valence-corrected chi connectivity index (χ4v) is 1.98. The summed E-state index contributed by atoms with van der Waals surface area (Å²) in [4.78, 5) is 14.3. The van der Waals surface area contributed by atoms with Crippen molar-refractivity contribution in [3.63, 3.8) is 0 Å². The lowest BCUT2D eigenvalue weighted by Crippen LogP contribution is -2.58. The van der Waals surface area contributed by atoms with Crippen molar-refractivity contribution in [2.75, 3.05) is 19.6 Å². The number of nitrogens with one attached hydrogen (secondary N) is 1. The van der Waals surface area contributed by atoms with Crippen molar-refractivity contribution in [2.45, 2.75) is 26.8 Å². The fourth-order valence-electron chi connectivity index (χ4n) is 1.98. The predicted octanol–water partition coefficient (Wildman–Crippen LogP) is 0.527. The van der Waals surface area contributed by atoms with Crippen LogP contribution in [0.4, 0.5) is 0 Å². The third-order valence-corrected chi connectivity index (χ3v) is 3.13. The molecule has 0 radical (unpaired) electrons. The van der Waals surface area contributed by atoms with Crippen LogP contribution < -0.4 is 5.32 Å². The molecule has 1 N–H and O–H groups in total. The van der Waals surface area contributed by atoms with Crippen LogP contribution in [0.1, 0.15) is 28.7 Å². The number of carbonyl (C=O) groups excluding carboxylic acids is 1. The molecule has 1 aliphatic heterocycles. The monoisotopic (exact) mass is 234 g/mol. The molecule has 2 rings (SSSR count). The van der Waals surface area contributed by atoms with Crippen LogP contribution in [0, 0.1) is 13.8 Å². The van der Waals surface area contributed by atoms with Crippen LogP contribution in [0.25, 0.3) is 0 Å². The minimum atomic E-state index is 0.0644. The zero-order valence-electron chi connectivity index (χ0n) is 10.5. The van der Waals surface area contributed by atoms with Crippen LogP contribution >= 0.6 is 0 Å². The zero-order valence-corrected chi connectivity index (χ0v) is 10.5. The van der Waals surface area contributed by atoms with Gasteiger partial charge in [0.25, 0.3) is 5.91 Å². The quantitative estimate of drug-likeness (QED) is 0.828. The number of rotatable bonds is 3. The second-order valence-electron chi connectivity index (χ2n) is 4.39. The predicted molar refractivity (Wildman–Crippen MR) is 64.9 cm³/mol. The molecule has 92 valence electrons. The van der Waals surface area contributed by atoms with Gasteiger partial charge >= 0.3 is 0 Å². The van der Waals surface area contributed by atoms with E-state index in [-0.39, 0.29) is 5.91 Å². The van der Waals surface area contributed by atoms with Gasteiger partial charge in [0.1, 0.15) is 0 Å². The number of carbonyl (C=O) groups is 1. The van der Waals surface area contributed by atoms with Gasteiger partial charge < -0.3 is 10.2 Å². The van der Waals surface area contributed by atoms with Crippen molar-refractivity contribution in [3.05, 3.63) is 23.0 Å². The van der Waals surface area contributed by atoms with Crippen molar-refractivity contribution in [1.29, 1.82) is 0 Å². The minimum Gasteiger partial charge on any atom is -0.333 e. The highest BCUT2D eigenvalue weighted by molar-refractivity contribution is 5.95. The van der Waals surface area contributed by atoms with Crippen LogP contribution in [-0.2, 0) is 0 Å². The number of amides is 1. The Labute approximate surface area is 101 Å². The molecule has 1 amide bonds. The molecule has 5 nitrogen and oxygen atoms in total. The van der Waals surface area contributed by atoms with Gasteiger partial charge in [-0.3, -0.25) is 4.79 Å². The van der Waals surface area contributed by atoms with Gasteiger partial charge in [-0.05, 0) is 26.8 Å². The SMILES string of the molecule is CCN(C(=O)c1cc(C)nnc1C)C1CNC1. The highest BCUT2D eigenvalue weighted by Crippen LogP contribution is 2.13. The first-order valence-corrected chi connectivity index (χ1v) is 5.96. The van der Waals surface area contributed by atoms with Crippen LogP contribution in [0.2, 0.25) is 0 Å². The lowest BCUT2D eigenvalue weighted by atomic mass is 10.1. The van der Waals surface area contributed by atoms with Crippen LogP contribution in [0.3, 0.4) is 0 Å². The summed E-state index contributed by atoms with van der Waals surface area (Å²) in [7, 11) is 0. The van der Waals surface area contributed by atoms with Gasteiger partial charge in [0.05, 0.1) is 23.0 Å². The Morgan fingerprint density at radius 2 is 2.18 bits per heavy atom. The van der Waals surface area contributed by atoms with E-state index in [0.717, 1.165) is 25.3 Å². The van der Waals surface area contributed by atoms with Crippen molar-refractivity contribution in [3.8, 4) is 0 Å². The van der Waals surface area contributed by atoms with Crippen LogP contribution in [0.15, 0.2) is 6.07 Å². The average Bonchev–Trinajstić information content (AvgIpc) is 2.25. The molecule has 2 heterocycles. The fraction of sp³-hybridized carbons (Fsp3) is 0.583. The number of nitrogens with zero attached hydrogens (tertiary/aromatic N) is 3. The molecule has 0 saturated carbocycles. The molecular weight excluding hydrogens is 216 g/mol. The van der Waals surface area contributed by atoms with Gasteiger partial charge in [0.2, 0.25) is 0 Å². The van der Waals surface area contributed by atoms with Gasteiger partial charge in [0, 0.05) is 19.6 Å². The van der Waals surface area contributed by atoms with Gasteiger partial charge in [-0.15, -0.1) is 0 Å². The van der Waals surface area contributed by atoms with Crippen molar-refractivity contribution < 1.29 is 4.79 Å². The Kier molecular flexibility index (Phi) is 3.38. The lowest BCUT2D eigenvalue weighted by Gasteiger charge is -2.37. The van der Waals surface area contributed by atoms with E-state index in [1.165, 1.54) is 0 Å². The van der Waals surface area contributed by atoms with Gasteiger partial charge in [-0.25, -0.2) is 0 Å². The molecule has 5 heteroatoms. The van der Waals surface area contributed by atoms with Crippen molar-refractivity contribution in [2.24, 2.45) is 0 Å². The molecule has 1 saturated heterocycles. The van der Waals surface area contributed by atoms with E-state index in [9.17, 15) is 4.79 Å². The van der Waals surface area contributed by atoms with Gasteiger partial charge in [0.15, 0.2) is 0 Å². The Morgan fingerprint density at radius 1 is 1.47 bits per heavy atom. The molecule has 0 aromatic carbocycles. The summed E-state index contributed by atoms with van der Waals surface area (Å²) in [5.74, 6) is 0.0644. The summed E-state index contributed by atoms with van der Waals surface area (Å²) in [6.45, 7) is 8.18. The first-order valence-electron chi connectivity index (χ1n) is 5.96. The third kappa shape index (κ3) is 2.29. The van der Waals surface area contributed by atoms with E-state index in [1.54, 1.807) is 0 Å². The van der Waals surface area contributed by atoms with Gasteiger partial charge in [-0.2, -0.15) is 10.2 Å². The lowest BCUT2D eigenvalue weighted by molar-refractivity contribution is 0.0628. The Bertz CT molecular complexity index is 429. The van der Waals surface area contributed by atoms with E-state index < -0.39 is 0 Å². The number of aromatic nitrogens is 2. The van der Waals surface area contributed by atoms with E-state index in [2.05, 4.69) is 15.5 Å². The molecule has 0 bridgehead atoms. The number of hydrogen-bond acceptors (Lipinski definition) is 4. The normalized spacial score (nSPS) is 15.5. The molecule has 1 aromatic rings. The second kappa shape index (κ2) is 4.79. The molecule has 1 aromatic heterocycles. The summed E-state index contributed by atoms with van der Waals surface area (Å²) >= 11 is 0. The third-order valence-electron chi connectivity index (χ3n) is 3.13. The molecule has 0 unspecified atom stereocenters. The summed E-state index contributed by atoms with van der Waals surface area (Å²) in [6.07, 6.45) is 0. The summed E-state index contributed by atoms with van der Waals surface area (Å²) in [6, 6.07) is 2.14. The molecule has 0 spiro atoms. The minimum absolute atomic E-state index is 0.0644. The highest BCUT2D eigenvalue weighted by Gasteiger charge is 2.28. The Balaban J connectivity index is 2.25. The highest BCUT2D eigenvalue weighted by atomic mass is 16.2. The average molecular weight is 234 g/mol. The van der Waals surface area contributed by atoms with E-state index in [1.807, 2.05) is 31.7 Å². The number of aryl methyl sites for hydroxylation is 2. The number of likely N-dealkylation sites (N-methyl/N-ethyl adjacent to an activating group) is 1. The maximum Gasteiger partial charge on any atom is 0.256 e. The zero-order chi connectivity index (χ0) is 12.4.